The van der Waals surface area contributed by atoms with Gasteiger partial charge in [0.25, 0.3) is 0 Å². The highest BCUT2D eigenvalue weighted by Crippen LogP contribution is 2.21. The predicted octanol–water partition coefficient (Wildman–Crippen LogP) is 2.88. The average molecular weight is 284 g/mol. The molecule has 1 N–H and O–H groups in total. The van der Waals surface area contributed by atoms with Gasteiger partial charge in [0.2, 0.25) is 0 Å². The smallest absolute Gasteiger partial charge is 0.127 e. The van der Waals surface area contributed by atoms with Crippen LogP contribution in [0.1, 0.15) is 30.3 Å². The monoisotopic (exact) mass is 284 g/mol. The van der Waals surface area contributed by atoms with Crippen LogP contribution in [-0.4, -0.2) is 21.4 Å². The molecule has 0 bridgehead atoms. The molecule has 5 nitrogen and oxygen atoms in total. The van der Waals surface area contributed by atoms with Crippen LogP contribution in [0.4, 0.5) is 0 Å². The van der Waals surface area contributed by atoms with Crippen molar-refractivity contribution in [1.29, 1.82) is 0 Å². The molecule has 0 radical (unpaired) electrons. The van der Waals surface area contributed by atoms with E-state index in [1.807, 2.05) is 6.92 Å². The minimum Gasteiger partial charge on any atom is -0.341 e. The first-order valence-corrected chi connectivity index (χ1v) is 7.35. The first kappa shape index (κ1) is 13.8. The molecule has 0 amide bonds. The summed E-state index contributed by atoms with van der Waals surface area (Å²) in [6.45, 7) is 6.72. The van der Waals surface area contributed by atoms with Crippen molar-refractivity contribution in [3.63, 3.8) is 0 Å². The fraction of sp³-hybridized carbons (Fsp3) is 0.375. The van der Waals surface area contributed by atoms with E-state index in [-0.39, 0.29) is 0 Å². The zero-order valence-electron chi connectivity index (χ0n) is 12.5. The highest BCUT2D eigenvalue weighted by Gasteiger charge is 2.09. The largest absolute Gasteiger partial charge is 0.341 e. The van der Waals surface area contributed by atoms with Crippen LogP contribution in [0.25, 0.3) is 10.9 Å². The number of hydrogen-bond acceptors (Lipinski definition) is 4. The third-order valence-electron chi connectivity index (χ3n) is 3.71. The molecule has 0 fully saturated rings. The molecule has 0 saturated carbocycles. The van der Waals surface area contributed by atoms with Crippen LogP contribution < -0.4 is 5.32 Å². The van der Waals surface area contributed by atoms with Gasteiger partial charge in [-0.05, 0) is 37.6 Å². The molecule has 110 valence electrons. The van der Waals surface area contributed by atoms with Crippen LogP contribution in [0, 0.1) is 6.92 Å². The molecule has 0 spiro atoms. The number of rotatable bonds is 6. The SMILES string of the molecule is CCCNCc1cccc2c1ccn2Cc1nonc1C. The number of nitrogens with one attached hydrogen (secondary N) is 1. The van der Waals surface area contributed by atoms with Crippen molar-refractivity contribution < 1.29 is 4.63 Å². The Balaban J connectivity index is 1.88. The fourth-order valence-corrected chi connectivity index (χ4v) is 2.53. The van der Waals surface area contributed by atoms with Gasteiger partial charge in [0.05, 0.1) is 6.54 Å². The lowest BCUT2D eigenvalue weighted by molar-refractivity contribution is 0.300. The fourth-order valence-electron chi connectivity index (χ4n) is 2.53. The van der Waals surface area contributed by atoms with E-state index < -0.39 is 0 Å². The first-order chi connectivity index (χ1) is 10.3. The van der Waals surface area contributed by atoms with E-state index in [0.717, 1.165) is 30.9 Å². The second kappa shape index (κ2) is 6.10. The van der Waals surface area contributed by atoms with Gasteiger partial charge < -0.3 is 9.88 Å². The summed E-state index contributed by atoms with van der Waals surface area (Å²) in [4.78, 5) is 0. The number of aryl methyl sites for hydroxylation is 1. The summed E-state index contributed by atoms with van der Waals surface area (Å²) >= 11 is 0. The molecule has 2 aromatic heterocycles. The van der Waals surface area contributed by atoms with Crippen molar-refractivity contribution >= 4 is 10.9 Å². The molecular weight excluding hydrogens is 264 g/mol. The quantitative estimate of drug-likeness (QED) is 0.707. The number of aromatic nitrogens is 3. The number of benzene rings is 1. The molecule has 0 aliphatic carbocycles. The van der Waals surface area contributed by atoms with Gasteiger partial charge in [-0.3, -0.25) is 0 Å². The topological polar surface area (TPSA) is 55.9 Å². The summed E-state index contributed by atoms with van der Waals surface area (Å²) in [6, 6.07) is 8.59. The van der Waals surface area contributed by atoms with Gasteiger partial charge in [0.15, 0.2) is 0 Å². The van der Waals surface area contributed by atoms with Gasteiger partial charge in [0.1, 0.15) is 11.4 Å². The summed E-state index contributed by atoms with van der Waals surface area (Å²) in [6.07, 6.45) is 3.25. The van der Waals surface area contributed by atoms with Gasteiger partial charge >= 0.3 is 0 Å². The zero-order chi connectivity index (χ0) is 14.7. The predicted molar refractivity (Wildman–Crippen MR) is 82.1 cm³/mol. The van der Waals surface area contributed by atoms with Gasteiger partial charge in [0, 0.05) is 23.6 Å². The third-order valence-corrected chi connectivity index (χ3v) is 3.71. The molecule has 0 saturated heterocycles. The first-order valence-electron chi connectivity index (χ1n) is 7.35. The second-order valence-corrected chi connectivity index (χ2v) is 5.27. The molecule has 1 aromatic carbocycles. The Morgan fingerprint density at radius 1 is 1.24 bits per heavy atom. The molecule has 0 aliphatic heterocycles. The number of hydrogen-bond donors (Lipinski definition) is 1. The van der Waals surface area contributed by atoms with Crippen LogP contribution in [0.15, 0.2) is 35.1 Å². The standard InChI is InChI=1S/C16H20N4O/c1-3-8-17-10-13-5-4-6-16-14(13)7-9-20(16)11-15-12(2)18-21-19-15/h4-7,9,17H,3,8,10-11H2,1-2H3. The van der Waals surface area contributed by atoms with Crippen molar-refractivity contribution in [2.75, 3.05) is 6.54 Å². The van der Waals surface area contributed by atoms with Gasteiger partial charge in [-0.1, -0.05) is 29.4 Å². The van der Waals surface area contributed by atoms with Crippen molar-refractivity contribution in [2.45, 2.75) is 33.4 Å². The molecule has 0 aliphatic rings. The summed E-state index contributed by atoms with van der Waals surface area (Å²) in [5, 5.41) is 12.5. The molecule has 21 heavy (non-hydrogen) atoms. The van der Waals surface area contributed by atoms with E-state index in [2.05, 4.69) is 57.6 Å². The number of nitrogens with zero attached hydrogens (tertiary/aromatic N) is 3. The maximum atomic E-state index is 4.77. The van der Waals surface area contributed by atoms with E-state index in [4.69, 9.17) is 4.63 Å². The summed E-state index contributed by atoms with van der Waals surface area (Å²) in [5.74, 6) is 0. The number of fused-ring (bicyclic) bond motifs is 1. The van der Waals surface area contributed by atoms with Gasteiger partial charge in [-0.2, -0.15) is 0 Å². The molecule has 3 rings (SSSR count). The summed E-state index contributed by atoms with van der Waals surface area (Å²) < 4.78 is 6.96. The normalized spacial score (nSPS) is 11.3. The van der Waals surface area contributed by atoms with Crippen molar-refractivity contribution in [2.24, 2.45) is 0 Å². The van der Waals surface area contributed by atoms with Crippen molar-refractivity contribution in [1.82, 2.24) is 20.2 Å². The van der Waals surface area contributed by atoms with Crippen LogP contribution in [0.2, 0.25) is 0 Å². The highest BCUT2D eigenvalue weighted by molar-refractivity contribution is 5.83. The van der Waals surface area contributed by atoms with Crippen LogP contribution in [0.5, 0.6) is 0 Å². The summed E-state index contributed by atoms with van der Waals surface area (Å²) in [7, 11) is 0. The molecule has 5 heteroatoms. The Hall–Kier alpha value is -2.14. The maximum absolute atomic E-state index is 4.77. The van der Waals surface area contributed by atoms with Gasteiger partial charge in [-0.15, -0.1) is 0 Å². The van der Waals surface area contributed by atoms with E-state index in [0.29, 0.717) is 6.54 Å². The Labute approximate surface area is 123 Å². The van der Waals surface area contributed by atoms with E-state index in [9.17, 15) is 0 Å². The lowest BCUT2D eigenvalue weighted by Gasteiger charge is -2.07. The van der Waals surface area contributed by atoms with E-state index in [1.165, 1.54) is 16.5 Å². The van der Waals surface area contributed by atoms with Crippen LogP contribution in [0.3, 0.4) is 0 Å². The Bertz CT molecular complexity index is 729. The molecule has 0 atom stereocenters. The van der Waals surface area contributed by atoms with Crippen molar-refractivity contribution in [3.05, 3.63) is 47.4 Å². The lowest BCUT2D eigenvalue weighted by atomic mass is 10.1. The van der Waals surface area contributed by atoms with Crippen molar-refractivity contribution in [3.8, 4) is 0 Å². The average Bonchev–Trinajstić information content (AvgIpc) is 3.08. The summed E-state index contributed by atoms with van der Waals surface area (Å²) in [5.41, 5.74) is 4.27. The Kier molecular flexibility index (Phi) is 4.01. The minimum absolute atomic E-state index is 0.685. The third kappa shape index (κ3) is 2.83. The zero-order valence-corrected chi connectivity index (χ0v) is 12.5. The second-order valence-electron chi connectivity index (χ2n) is 5.27. The van der Waals surface area contributed by atoms with E-state index >= 15 is 0 Å². The molecule has 2 heterocycles. The van der Waals surface area contributed by atoms with Crippen LogP contribution in [-0.2, 0) is 13.1 Å². The van der Waals surface area contributed by atoms with Gasteiger partial charge in [-0.25, -0.2) is 4.63 Å². The molecule has 0 unspecified atom stereocenters. The lowest BCUT2D eigenvalue weighted by Crippen LogP contribution is -2.13. The van der Waals surface area contributed by atoms with Crippen LogP contribution >= 0.6 is 0 Å². The molecular formula is C16H20N4O. The highest BCUT2D eigenvalue weighted by atomic mass is 16.6. The van der Waals surface area contributed by atoms with E-state index in [1.54, 1.807) is 0 Å². The maximum Gasteiger partial charge on any atom is 0.127 e. The Morgan fingerprint density at radius 3 is 2.90 bits per heavy atom. The Morgan fingerprint density at radius 2 is 2.14 bits per heavy atom. The molecule has 3 aromatic rings. The minimum atomic E-state index is 0.685.